The van der Waals surface area contributed by atoms with Crippen LogP contribution in [0.15, 0.2) is 34.9 Å². The third kappa shape index (κ3) is 3.69. The number of fused-ring (bicyclic) bond motifs is 1. The zero-order valence-corrected chi connectivity index (χ0v) is 13.3. The number of ether oxygens (including phenoxy) is 1. The molecule has 0 amide bonds. The Morgan fingerprint density at radius 3 is 2.90 bits per heavy atom. The van der Waals surface area contributed by atoms with Crippen molar-refractivity contribution in [1.82, 2.24) is 4.98 Å². The zero-order chi connectivity index (χ0) is 14.6. The van der Waals surface area contributed by atoms with E-state index in [0.717, 1.165) is 21.1 Å². The second-order valence-corrected chi connectivity index (χ2v) is 5.94. The molecule has 4 nitrogen and oxygen atoms in total. The largest absolute Gasteiger partial charge is 0.388 e. The molecule has 0 aliphatic carbocycles. The lowest BCUT2D eigenvalue weighted by atomic mass is 10.0. The van der Waals surface area contributed by atoms with E-state index in [0.29, 0.717) is 19.6 Å². The molecular formula is C15H19BrN2O2. The summed E-state index contributed by atoms with van der Waals surface area (Å²) in [4.78, 5) is 4.36. The summed E-state index contributed by atoms with van der Waals surface area (Å²) in [6.07, 6.45) is 2.34. The van der Waals surface area contributed by atoms with Crippen LogP contribution in [0, 0.1) is 0 Å². The number of hydrogen-bond donors (Lipinski definition) is 2. The molecule has 0 bridgehead atoms. The standard InChI is InChI=1S/C15H19BrN2O2/c1-15(19,7-9-20-2)10-18-14-12-4-3-5-13(16)11(12)6-8-17-14/h3-6,8,19H,7,9-10H2,1-2H3,(H,17,18). The Morgan fingerprint density at radius 2 is 2.15 bits per heavy atom. The van der Waals surface area contributed by atoms with Gasteiger partial charge < -0.3 is 15.2 Å². The van der Waals surface area contributed by atoms with Crippen molar-refractivity contribution in [2.75, 3.05) is 25.6 Å². The summed E-state index contributed by atoms with van der Waals surface area (Å²) in [5, 5.41) is 15.6. The number of hydrogen-bond acceptors (Lipinski definition) is 4. The molecule has 2 rings (SSSR count). The number of pyridine rings is 1. The van der Waals surface area contributed by atoms with E-state index in [-0.39, 0.29) is 0 Å². The van der Waals surface area contributed by atoms with E-state index in [2.05, 4.69) is 26.2 Å². The van der Waals surface area contributed by atoms with E-state index in [1.165, 1.54) is 0 Å². The van der Waals surface area contributed by atoms with E-state index in [1.807, 2.05) is 24.3 Å². The Kier molecular flexibility index (Phi) is 4.96. The molecule has 0 saturated heterocycles. The molecule has 1 heterocycles. The van der Waals surface area contributed by atoms with Crippen LogP contribution >= 0.6 is 15.9 Å². The molecule has 2 N–H and O–H groups in total. The molecule has 0 radical (unpaired) electrons. The minimum atomic E-state index is -0.828. The maximum Gasteiger partial charge on any atom is 0.133 e. The molecule has 1 aromatic heterocycles. The van der Waals surface area contributed by atoms with Gasteiger partial charge in [0, 0.05) is 48.1 Å². The number of rotatable bonds is 6. The van der Waals surface area contributed by atoms with Gasteiger partial charge in [0.05, 0.1) is 5.60 Å². The Labute approximate surface area is 127 Å². The van der Waals surface area contributed by atoms with Gasteiger partial charge in [-0.1, -0.05) is 28.1 Å². The molecule has 1 unspecified atom stereocenters. The highest BCUT2D eigenvalue weighted by molar-refractivity contribution is 9.10. The summed E-state index contributed by atoms with van der Waals surface area (Å²) in [5.74, 6) is 0.779. The molecule has 0 saturated carbocycles. The average Bonchev–Trinajstić information content (AvgIpc) is 2.44. The van der Waals surface area contributed by atoms with Crippen LogP contribution in [0.5, 0.6) is 0 Å². The number of nitrogens with one attached hydrogen (secondary N) is 1. The van der Waals surface area contributed by atoms with Gasteiger partial charge in [0.15, 0.2) is 0 Å². The maximum absolute atomic E-state index is 10.3. The lowest BCUT2D eigenvalue weighted by molar-refractivity contribution is 0.0357. The predicted molar refractivity (Wildman–Crippen MR) is 85.0 cm³/mol. The van der Waals surface area contributed by atoms with Crippen LogP contribution in [-0.4, -0.2) is 36.0 Å². The molecular weight excluding hydrogens is 320 g/mol. The van der Waals surface area contributed by atoms with Gasteiger partial charge in [-0.15, -0.1) is 0 Å². The Balaban J connectivity index is 2.16. The number of nitrogens with zero attached hydrogens (tertiary/aromatic N) is 1. The summed E-state index contributed by atoms with van der Waals surface area (Å²) in [7, 11) is 1.63. The second kappa shape index (κ2) is 6.52. The van der Waals surface area contributed by atoms with Gasteiger partial charge in [-0.25, -0.2) is 4.98 Å². The smallest absolute Gasteiger partial charge is 0.133 e. The molecule has 0 aliphatic heterocycles. The highest BCUT2D eigenvalue weighted by Crippen LogP contribution is 2.27. The summed E-state index contributed by atoms with van der Waals surface area (Å²) < 4.78 is 6.04. The van der Waals surface area contributed by atoms with Crippen molar-refractivity contribution in [2.24, 2.45) is 0 Å². The fraction of sp³-hybridized carbons (Fsp3) is 0.400. The lowest BCUT2D eigenvalue weighted by Gasteiger charge is -2.24. The van der Waals surface area contributed by atoms with Crippen LogP contribution in [-0.2, 0) is 4.74 Å². The van der Waals surface area contributed by atoms with Crippen molar-refractivity contribution in [3.05, 3.63) is 34.9 Å². The molecule has 1 atom stereocenters. The minimum absolute atomic E-state index is 0.426. The highest BCUT2D eigenvalue weighted by Gasteiger charge is 2.20. The number of benzene rings is 1. The van der Waals surface area contributed by atoms with Gasteiger partial charge in [-0.05, 0) is 19.1 Å². The molecule has 0 aliphatic rings. The first kappa shape index (κ1) is 15.2. The zero-order valence-electron chi connectivity index (χ0n) is 11.7. The van der Waals surface area contributed by atoms with Crippen molar-refractivity contribution in [1.29, 1.82) is 0 Å². The maximum atomic E-state index is 10.3. The number of halogens is 1. The number of aliphatic hydroxyl groups is 1. The van der Waals surface area contributed by atoms with E-state index >= 15 is 0 Å². The second-order valence-electron chi connectivity index (χ2n) is 5.09. The van der Waals surface area contributed by atoms with Crippen LogP contribution < -0.4 is 5.32 Å². The number of methoxy groups -OCH3 is 1. The van der Waals surface area contributed by atoms with Crippen molar-refractivity contribution in [3.8, 4) is 0 Å². The quantitative estimate of drug-likeness (QED) is 0.849. The van der Waals surface area contributed by atoms with Crippen LogP contribution in [0.4, 0.5) is 5.82 Å². The normalized spacial score (nSPS) is 14.2. The van der Waals surface area contributed by atoms with Crippen LogP contribution in [0.25, 0.3) is 10.8 Å². The molecule has 0 spiro atoms. The van der Waals surface area contributed by atoms with Crippen LogP contribution in [0.3, 0.4) is 0 Å². The summed E-state index contributed by atoms with van der Waals surface area (Å²) in [5.41, 5.74) is -0.828. The van der Waals surface area contributed by atoms with Crippen molar-refractivity contribution in [2.45, 2.75) is 18.9 Å². The summed E-state index contributed by atoms with van der Waals surface area (Å²) in [6, 6.07) is 7.95. The Morgan fingerprint density at radius 1 is 1.35 bits per heavy atom. The number of anilines is 1. The summed E-state index contributed by atoms with van der Waals surface area (Å²) >= 11 is 3.53. The van der Waals surface area contributed by atoms with Gasteiger partial charge in [0.2, 0.25) is 0 Å². The molecule has 108 valence electrons. The van der Waals surface area contributed by atoms with Crippen molar-refractivity contribution in [3.63, 3.8) is 0 Å². The molecule has 0 fully saturated rings. The van der Waals surface area contributed by atoms with Crippen LogP contribution in [0.2, 0.25) is 0 Å². The van der Waals surface area contributed by atoms with Gasteiger partial charge in [-0.2, -0.15) is 0 Å². The highest BCUT2D eigenvalue weighted by atomic mass is 79.9. The minimum Gasteiger partial charge on any atom is -0.388 e. The average molecular weight is 339 g/mol. The molecule has 1 aromatic carbocycles. The summed E-state index contributed by atoms with van der Waals surface area (Å²) in [6.45, 7) is 2.75. The van der Waals surface area contributed by atoms with Crippen LogP contribution in [0.1, 0.15) is 13.3 Å². The van der Waals surface area contributed by atoms with Gasteiger partial charge in [-0.3, -0.25) is 0 Å². The molecule has 2 aromatic rings. The monoisotopic (exact) mass is 338 g/mol. The van der Waals surface area contributed by atoms with E-state index < -0.39 is 5.60 Å². The fourth-order valence-electron chi connectivity index (χ4n) is 1.99. The van der Waals surface area contributed by atoms with Crippen molar-refractivity contribution < 1.29 is 9.84 Å². The fourth-order valence-corrected chi connectivity index (χ4v) is 2.49. The van der Waals surface area contributed by atoms with Gasteiger partial charge >= 0.3 is 0 Å². The third-order valence-electron chi connectivity index (χ3n) is 3.23. The van der Waals surface area contributed by atoms with E-state index in [4.69, 9.17) is 4.74 Å². The SMILES string of the molecule is COCCC(C)(O)CNc1nccc2c(Br)cccc12. The Bertz CT molecular complexity index is 587. The third-order valence-corrected chi connectivity index (χ3v) is 3.93. The van der Waals surface area contributed by atoms with Gasteiger partial charge in [0.1, 0.15) is 5.82 Å². The van der Waals surface area contributed by atoms with Gasteiger partial charge in [0.25, 0.3) is 0 Å². The molecule has 5 heteroatoms. The first-order valence-electron chi connectivity index (χ1n) is 6.52. The first-order chi connectivity index (χ1) is 9.53. The first-order valence-corrected chi connectivity index (χ1v) is 7.31. The lowest BCUT2D eigenvalue weighted by Crippen LogP contribution is -2.34. The number of aromatic nitrogens is 1. The Hall–Kier alpha value is -1.17. The van der Waals surface area contributed by atoms with E-state index in [9.17, 15) is 5.11 Å². The predicted octanol–water partition coefficient (Wildman–Crippen LogP) is 3.20. The topological polar surface area (TPSA) is 54.4 Å². The van der Waals surface area contributed by atoms with Crippen molar-refractivity contribution >= 4 is 32.5 Å². The molecule has 20 heavy (non-hydrogen) atoms. The van der Waals surface area contributed by atoms with E-state index in [1.54, 1.807) is 20.2 Å².